The first kappa shape index (κ1) is 15.1. The Morgan fingerprint density at radius 1 is 1.32 bits per heavy atom. The van der Waals surface area contributed by atoms with E-state index >= 15 is 0 Å². The molecule has 1 aromatic rings. The Hall–Kier alpha value is -0.280. The molecular formula is C15H21Cl2NO. The Bertz CT molecular complexity index is 425. The molecule has 2 rings (SSSR count). The number of nitrogens with one attached hydrogen (secondary N) is 1. The van der Waals surface area contributed by atoms with Gasteiger partial charge < -0.3 is 10.1 Å². The molecule has 4 heteroatoms. The number of piperidine rings is 1. The number of hydrogen-bond donors (Lipinski definition) is 1. The van der Waals surface area contributed by atoms with E-state index in [1.54, 1.807) is 7.11 Å². The first-order valence-corrected chi connectivity index (χ1v) is 7.58. The van der Waals surface area contributed by atoms with Crippen LogP contribution in [0.2, 0.25) is 10.0 Å². The van der Waals surface area contributed by atoms with Crippen LogP contribution in [0.5, 0.6) is 0 Å². The topological polar surface area (TPSA) is 21.3 Å². The number of rotatable bonds is 4. The van der Waals surface area contributed by atoms with Crippen LogP contribution in [0.3, 0.4) is 0 Å². The number of halogens is 2. The van der Waals surface area contributed by atoms with Crippen molar-refractivity contribution in [3.05, 3.63) is 33.8 Å². The predicted octanol–water partition coefficient (Wildman–Crippen LogP) is 4.11. The van der Waals surface area contributed by atoms with Gasteiger partial charge in [-0.05, 0) is 36.5 Å². The van der Waals surface area contributed by atoms with Crippen LogP contribution in [0.1, 0.15) is 31.2 Å². The van der Waals surface area contributed by atoms with Gasteiger partial charge in [0.05, 0.1) is 16.7 Å². The molecule has 0 bridgehead atoms. The Morgan fingerprint density at radius 3 is 2.74 bits per heavy atom. The van der Waals surface area contributed by atoms with Gasteiger partial charge >= 0.3 is 0 Å². The van der Waals surface area contributed by atoms with E-state index in [1.165, 1.54) is 5.56 Å². The molecule has 0 saturated carbocycles. The Labute approximate surface area is 125 Å². The summed E-state index contributed by atoms with van der Waals surface area (Å²) >= 11 is 12.2. The summed E-state index contributed by atoms with van der Waals surface area (Å²) in [6.45, 7) is 3.99. The molecular weight excluding hydrogens is 281 g/mol. The smallest absolute Gasteiger partial charge is 0.0595 e. The third kappa shape index (κ3) is 3.63. The lowest BCUT2D eigenvalue weighted by molar-refractivity contribution is 0.114. The van der Waals surface area contributed by atoms with Crippen molar-refractivity contribution in [1.29, 1.82) is 0 Å². The molecule has 1 N–H and O–H groups in total. The van der Waals surface area contributed by atoms with Crippen LogP contribution < -0.4 is 5.32 Å². The Kier molecular flexibility index (Phi) is 5.52. The van der Waals surface area contributed by atoms with E-state index in [2.05, 4.69) is 18.3 Å². The van der Waals surface area contributed by atoms with Crippen LogP contribution >= 0.6 is 23.2 Å². The highest BCUT2D eigenvalue weighted by atomic mass is 35.5. The molecule has 2 nitrogen and oxygen atoms in total. The van der Waals surface area contributed by atoms with Gasteiger partial charge in [0.15, 0.2) is 0 Å². The van der Waals surface area contributed by atoms with Gasteiger partial charge in [0.1, 0.15) is 0 Å². The van der Waals surface area contributed by atoms with Gasteiger partial charge in [0.2, 0.25) is 0 Å². The van der Waals surface area contributed by atoms with E-state index in [0.717, 1.165) is 26.0 Å². The zero-order valence-electron chi connectivity index (χ0n) is 11.5. The van der Waals surface area contributed by atoms with Crippen LogP contribution in [0.4, 0.5) is 0 Å². The van der Waals surface area contributed by atoms with Crippen molar-refractivity contribution in [3.63, 3.8) is 0 Å². The fourth-order valence-corrected chi connectivity index (χ4v) is 3.20. The quantitative estimate of drug-likeness (QED) is 0.903. The summed E-state index contributed by atoms with van der Waals surface area (Å²) in [5, 5.41) is 4.85. The lowest BCUT2D eigenvalue weighted by atomic mass is 9.78. The third-order valence-electron chi connectivity index (χ3n) is 4.02. The maximum Gasteiger partial charge on any atom is 0.0595 e. The van der Waals surface area contributed by atoms with Gasteiger partial charge in [-0.1, -0.05) is 36.2 Å². The van der Waals surface area contributed by atoms with Crippen molar-refractivity contribution in [3.8, 4) is 0 Å². The van der Waals surface area contributed by atoms with E-state index in [9.17, 15) is 0 Å². The van der Waals surface area contributed by atoms with Gasteiger partial charge in [-0.15, -0.1) is 0 Å². The van der Waals surface area contributed by atoms with Crippen LogP contribution in [0.25, 0.3) is 0 Å². The zero-order valence-corrected chi connectivity index (χ0v) is 13.0. The maximum atomic E-state index is 6.15. The second-order valence-electron chi connectivity index (χ2n) is 5.24. The van der Waals surface area contributed by atoms with Gasteiger partial charge in [-0.3, -0.25) is 0 Å². The summed E-state index contributed by atoms with van der Waals surface area (Å²) in [4.78, 5) is 0. The fraction of sp³-hybridized carbons (Fsp3) is 0.600. The van der Waals surface area contributed by atoms with E-state index in [-0.39, 0.29) is 0 Å². The van der Waals surface area contributed by atoms with Crippen molar-refractivity contribution in [2.45, 2.75) is 31.7 Å². The van der Waals surface area contributed by atoms with Crippen molar-refractivity contribution < 1.29 is 4.74 Å². The molecule has 1 aliphatic rings. The zero-order chi connectivity index (χ0) is 13.8. The number of hydrogen-bond acceptors (Lipinski definition) is 2. The second-order valence-corrected chi connectivity index (χ2v) is 6.06. The SMILES string of the molecule is CCC1CC(c2ccc(Cl)c(Cl)c2)C(COC)CN1. The molecule has 1 aromatic carbocycles. The Balaban J connectivity index is 2.22. The first-order chi connectivity index (χ1) is 9.15. The number of benzene rings is 1. The van der Waals surface area contributed by atoms with Crippen LogP contribution in [-0.4, -0.2) is 26.3 Å². The van der Waals surface area contributed by atoms with E-state index in [1.807, 2.05) is 12.1 Å². The minimum absolute atomic E-state index is 0.487. The molecule has 1 heterocycles. The summed E-state index contributed by atoms with van der Waals surface area (Å²) in [5.41, 5.74) is 1.27. The standard InChI is InChI=1S/C15H21Cl2NO/c1-3-12-7-13(11(8-18-12)9-19-2)10-4-5-14(16)15(17)6-10/h4-6,11-13,18H,3,7-9H2,1-2H3. The van der Waals surface area contributed by atoms with Crippen molar-refractivity contribution in [1.82, 2.24) is 5.32 Å². The summed E-state index contributed by atoms with van der Waals surface area (Å²) in [6.07, 6.45) is 2.28. The van der Waals surface area contributed by atoms with E-state index in [4.69, 9.17) is 27.9 Å². The summed E-state index contributed by atoms with van der Waals surface area (Å²) in [7, 11) is 1.76. The van der Waals surface area contributed by atoms with Gasteiger partial charge in [-0.25, -0.2) is 0 Å². The molecule has 1 aliphatic heterocycles. The summed E-state index contributed by atoms with van der Waals surface area (Å²) in [5.74, 6) is 0.978. The van der Waals surface area contributed by atoms with Crippen molar-refractivity contribution >= 4 is 23.2 Å². The molecule has 3 atom stereocenters. The van der Waals surface area contributed by atoms with E-state index in [0.29, 0.717) is 27.9 Å². The first-order valence-electron chi connectivity index (χ1n) is 6.83. The highest BCUT2D eigenvalue weighted by Gasteiger charge is 2.30. The van der Waals surface area contributed by atoms with Crippen LogP contribution in [-0.2, 0) is 4.74 Å². The highest BCUT2D eigenvalue weighted by molar-refractivity contribution is 6.42. The molecule has 3 unspecified atom stereocenters. The van der Waals surface area contributed by atoms with Gasteiger partial charge in [0, 0.05) is 25.6 Å². The maximum absolute atomic E-state index is 6.15. The molecule has 0 radical (unpaired) electrons. The largest absolute Gasteiger partial charge is 0.384 e. The molecule has 106 valence electrons. The minimum atomic E-state index is 0.487. The second kappa shape index (κ2) is 6.94. The molecule has 0 aliphatic carbocycles. The molecule has 0 amide bonds. The van der Waals surface area contributed by atoms with E-state index < -0.39 is 0 Å². The predicted molar refractivity (Wildman–Crippen MR) is 81.3 cm³/mol. The van der Waals surface area contributed by atoms with Gasteiger partial charge in [-0.2, -0.15) is 0 Å². The van der Waals surface area contributed by atoms with Crippen LogP contribution in [0, 0.1) is 5.92 Å². The van der Waals surface area contributed by atoms with Gasteiger partial charge in [0.25, 0.3) is 0 Å². The fourth-order valence-electron chi connectivity index (χ4n) is 2.89. The molecule has 19 heavy (non-hydrogen) atoms. The monoisotopic (exact) mass is 301 g/mol. The Morgan fingerprint density at radius 2 is 2.11 bits per heavy atom. The van der Waals surface area contributed by atoms with Crippen LogP contribution in [0.15, 0.2) is 18.2 Å². The number of ether oxygens (including phenoxy) is 1. The molecule has 0 aromatic heterocycles. The molecule has 0 spiro atoms. The average Bonchev–Trinajstić information content (AvgIpc) is 2.43. The van der Waals surface area contributed by atoms with Crippen molar-refractivity contribution in [2.24, 2.45) is 5.92 Å². The summed E-state index contributed by atoms with van der Waals surface area (Å²) in [6, 6.07) is 6.58. The lowest BCUT2D eigenvalue weighted by Crippen LogP contribution is -2.44. The van der Waals surface area contributed by atoms with Crippen molar-refractivity contribution in [2.75, 3.05) is 20.3 Å². The third-order valence-corrected chi connectivity index (χ3v) is 4.76. The minimum Gasteiger partial charge on any atom is -0.384 e. The molecule has 1 saturated heterocycles. The normalized spacial score (nSPS) is 27.5. The average molecular weight is 302 g/mol. The number of methoxy groups -OCH3 is 1. The summed E-state index contributed by atoms with van der Waals surface area (Å²) < 4.78 is 5.36. The lowest BCUT2D eigenvalue weighted by Gasteiger charge is -2.37. The highest BCUT2D eigenvalue weighted by Crippen LogP contribution is 2.36. The molecule has 1 fully saturated rings.